The number of aryl methyl sites for hydroxylation is 1. The number of rotatable bonds is 6. The first kappa shape index (κ1) is 13.5. The molecule has 1 aromatic heterocycles. The molecule has 1 unspecified atom stereocenters. The lowest BCUT2D eigenvalue weighted by atomic mass is 10.3. The van der Waals surface area contributed by atoms with Crippen molar-refractivity contribution >= 4 is 23.2 Å². The van der Waals surface area contributed by atoms with E-state index in [1.165, 1.54) is 18.3 Å². The number of amides is 1. The summed E-state index contributed by atoms with van der Waals surface area (Å²) in [6.45, 7) is 3.50. The number of hydrogen-bond donors (Lipinski definition) is 2. The molecule has 17 heavy (non-hydrogen) atoms. The minimum atomic E-state index is -1.05. The van der Waals surface area contributed by atoms with Gasteiger partial charge in [-0.3, -0.25) is 4.79 Å². The van der Waals surface area contributed by atoms with E-state index >= 15 is 0 Å². The highest BCUT2D eigenvalue weighted by Gasteiger charge is 2.20. The van der Waals surface area contributed by atoms with Crippen molar-refractivity contribution in [1.29, 1.82) is 0 Å². The molecule has 0 aliphatic rings. The first-order valence-electron chi connectivity index (χ1n) is 5.27. The summed E-state index contributed by atoms with van der Waals surface area (Å²) in [6, 6.07) is 1.66. The molecule has 0 aromatic carbocycles. The number of carboxylic acids is 1. The van der Waals surface area contributed by atoms with Crippen molar-refractivity contribution in [1.82, 2.24) is 0 Å². The standard InChI is InChI=1S/C11H15NO4S/c1-3-4-7-5-8(9(17-7)11(14)15)16-6(2)10(12)13/h5-6H,3-4H2,1-2H3,(H2,12,13)(H,14,15). The van der Waals surface area contributed by atoms with Crippen LogP contribution in [-0.2, 0) is 11.2 Å². The minimum Gasteiger partial charge on any atom is -0.479 e. The van der Waals surface area contributed by atoms with E-state index in [1.54, 1.807) is 6.07 Å². The van der Waals surface area contributed by atoms with Crippen LogP contribution in [0.4, 0.5) is 0 Å². The van der Waals surface area contributed by atoms with Crippen molar-refractivity contribution in [2.24, 2.45) is 5.73 Å². The zero-order chi connectivity index (χ0) is 13.0. The Morgan fingerprint density at radius 3 is 2.71 bits per heavy atom. The molecule has 0 aliphatic heterocycles. The van der Waals surface area contributed by atoms with Gasteiger partial charge in [0.25, 0.3) is 5.91 Å². The van der Waals surface area contributed by atoms with Gasteiger partial charge in [-0.15, -0.1) is 11.3 Å². The molecule has 1 aromatic rings. The fraction of sp³-hybridized carbons (Fsp3) is 0.455. The predicted octanol–water partition coefficient (Wildman–Crippen LogP) is 1.65. The fourth-order valence-electron chi connectivity index (χ4n) is 1.28. The van der Waals surface area contributed by atoms with E-state index in [2.05, 4.69) is 0 Å². The highest BCUT2D eigenvalue weighted by atomic mass is 32.1. The van der Waals surface area contributed by atoms with Gasteiger partial charge in [0.2, 0.25) is 0 Å². The molecule has 0 saturated carbocycles. The molecule has 94 valence electrons. The van der Waals surface area contributed by atoms with E-state index in [4.69, 9.17) is 15.6 Å². The minimum absolute atomic E-state index is 0.113. The van der Waals surface area contributed by atoms with Gasteiger partial charge in [-0.2, -0.15) is 0 Å². The van der Waals surface area contributed by atoms with Crippen LogP contribution in [0.1, 0.15) is 34.8 Å². The Kier molecular flexibility index (Phi) is 4.51. The SMILES string of the molecule is CCCc1cc(OC(C)C(N)=O)c(C(=O)O)s1. The summed E-state index contributed by atoms with van der Waals surface area (Å²) in [5, 5.41) is 9.01. The van der Waals surface area contributed by atoms with Crippen LogP contribution in [-0.4, -0.2) is 23.1 Å². The molecular formula is C11H15NO4S. The second kappa shape index (κ2) is 5.67. The second-order valence-corrected chi connectivity index (χ2v) is 4.76. The van der Waals surface area contributed by atoms with Crippen LogP contribution >= 0.6 is 11.3 Å². The number of thiophene rings is 1. The number of carbonyl (C=O) groups excluding carboxylic acids is 1. The molecule has 0 bridgehead atoms. The molecule has 1 heterocycles. The van der Waals surface area contributed by atoms with E-state index < -0.39 is 18.0 Å². The van der Waals surface area contributed by atoms with Crippen LogP contribution < -0.4 is 10.5 Å². The molecule has 0 fully saturated rings. The van der Waals surface area contributed by atoms with E-state index in [-0.39, 0.29) is 10.6 Å². The second-order valence-electron chi connectivity index (χ2n) is 3.62. The number of ether oxygens (including phenoxy) is 1. The third kappa shape index (κ3) is 3.45. The average molecular weight is 257 g/mol. The lowest BCUT2D eigenvalue weighted by Crippen LogP contribution is -2.30. The van der Waals surface area contributed by atoms with Crippen LogP contribution in [0.5, 0.6) is 5.75 Å². The molecule has 1 rings (SSSR count). The first-order valence-corrected chi connectivity index (χ1v) is 6.09. The highest BCUT2D eigenvalue weighted by Crippen LogP contribution is 2.31. The topological polar surface area (TPSA) is 89.6 Å². The van der Waals surface area contributed by atoms with Crippen molar-refractivity contribution in [3.63, 3.8) is 0 Å². The maximum Gasteiger partial charge on any atom is 0.349 e. The first-order chi connectivity index (χ1) is 7.95. The van der Waals surface area contributed by atoms with E-state index in [0.717, 1.165) is 17.7 Å². The largest absolute Gasteiger partial charge is 0.479 e. The molecule has 0 saturated heterocycles. The van der Waals surface area contributed by atoms with Crippen molar-refractivity contribution in [3.05, 3.63) is 15.8 Å². The van der Waals surface area contributed by atoms with Gasteiger partial charge in [-0.1, -0.05) is 13.3 Å². The van der Waals surface area contributed by atoms with Crippen molar-refractivity contribution in [2.45, 2.75) is 32.8 Å². The van der Waals surface area contributed by atoms with Gasteiger partial charge in [-0.25, -0.2) is 4.79 Å². The zero-order valence-corrected chi connectivity index (χ0v) is 10.5. The molecule has 5 nitrogen and oxygen atoms in total. The Morgan fingerprint density at radius 2 is 2.24 bits per heavy atom. The maximum atomic E-state index is 11.0. The van der Waals surface area contributed by atoms with Crippen molar-refractivity contribution < 1.29 is 19.4 Å². The van der Waals surface area contributed by atoms with E-state index in [1.807, 2.05) is 6.92 Å². The van der Waals surface area contributed by atoms with Crippen LogP contribution in [0.25, 0.3) is 0 Å². The van der Waals surface area contributed by atoms with Crippen molar-refractivity contribution in [3.8, 4) is 5.75 Å². The summed E-state index contributed by atoms with van der Waals surface area (Å²) in [5.41, 5.74) is 5.07. The summed E-state index contributed by atoms with van der Waals surface area (Å²) >= 11 is 1.17. The lowest BCUT2D eigenvalue weighted by Gasteiger charge is -2.09. The number of nitrogens with two attached hydrogens (primary N) is 1. The summed E-state index contributed by atoms with van der Waals surface area (Å²) in [7, 11) is 0. The van der Waals surface area contributed by atoms with Gasteiger partial charge < -0.3 is 15.6 Å². The number of hydrogen-bond acceptors (Lipinski definition) is 4. The number of carbonyl (C=O) groups is 2. The van der Waals surface area contributed by atoms with E-state index in [0.29, 0.717) is 0 Å². The summed E-state index contributed by atoms with van der Waals surface area (Å²) in [5.74, 6) is -1.45. The average Bonchev–Trinajstić information content (AvgIpc) is 2.61. The van der Waals surface area contributed by atoms with Gasteiger partial charge in [0.1, 0.15) is 5.75 Å². The monoisotopic (exact) mass is 257 g/mol. The van der Waals surface area contributed by atoms with Gasteiger partial charge in [-0.05, 0) is 19.4 Å². The predicted molar refractivity (Wildman–Crippen MR) is 64.6 cm³/mol. The smallest absolute Gasteiger partial charge is 0.349 e. The quantitative estimate of drug-likeness (QED) is 0.810. The molecule has 6 heteroatoms. The van der Waals surface area contributed by atoms with Gasteiger partial charge in [0, 0.05) is 4.88 Å². The zero-order valence-electron chi connectivity index (χ0n) is 9.73. The van der Waals surface area contributed by atoms with Gasteiger partial charge in [0.05, 0.1) is 0 Å². The number of primary amides is 1. The van der Waals surface area contributed by atoms with Crippen LogP contribution in [0.3, 0.4) is 0 Å². The molecule has 0 aliphatic carbocycles. The third-order valence-electron chi connectivity index (χ3n) is 2.14. The Hall–Kier alpha value is -1.56. The Balaban J connectivity index is 2.95. The maximum absolute atomic E-state index is 11.0. The number of aromatic carboxylic acids is 1. The summed E-state index contributed by atoms with van der Waals surface area (Å²) < 4.78 is 5.25. The molecule has 0 radical (unpaired) electrons. The Bertz CT molecular complexity index is 427. The van der Waals surface area contributed by atoms with Crippen LogP contribution in [0, 0.1) is 0 Å². The summed E-state index contributed by atoms with van der Waals surface area (Å²) in [4.78, 5) is 22.9. The molecule has 1 amide bonds. The van der Waals surface area contributed by atoms with Crippen LogP contribution in [0.15, 0.2) is 6.07 Å². The van der Waals surface area contributed by atoms with Crippen molar-refractivity contribution in [2.75, 3.05) is 0 Å². The summed E-state index contributed by atoms with van der Waals surface area (Å²) in [6.07, 6.45) is 0.876. The molecule has 0 spiro atoms. The molecule has 3 N–H and O–H groups in total. The van der Waals surface area contributed by atoms with E-state index in [9.17, 15) is 9.59 Å². The van der Waals surface area contributed by atoms with Gasteiger partial charge in [0.15, 0.2) is 11.0 Å². The van der Waals surface area contributed by atoms with Gasteiger partial charge >= 0.3 is 5.97 Å². The van der Waals surface area contributed by atoms with Crippen LogP contribution in [0.2, 0.25) is 0 Å². The number of carboxylic acid groups (broad SMARTS) is 1. The molecular weight excluding hydrogens is 242 g/mol. The Morgan fingerprint density at radius 1 is 1.59 bits per heavy atom. The molecule has 1 atom stereocenters. The Labute approximate surface area is 103 Å². The third-order valence-corrected chi connectivity index (χ3v) is 3.31. The highest BCUT2D eigenvalue weighted by molar-refractivity contribution is 7.14. The normalized spacial score (nSPS) is 12.1. The fourth-order valence-corrected chi connectivity index (χ4v) is 2.31. The lowest BCUT2D eigenvalue weighted by molar-refractivity contribution is -0.124.